The van der Waals surface area contributed by atoms with Crippen LogP contribution in [0.1, 0.15) is 43.3 Å². The van der Waals surface area contributed by atoms with E-state index in [9.17, 15) is 0 Å². The maximum Gasteiger partial charge on any atom is 0.110 e. The molecule has 1 aliphatic carbocycles. The Morgan fingerprint density at radius 2 is 2.36 bits per heavy atom. The van der Waals surface area contributed by atoms with E-state index in [0.29, 0.717) is 11.8 Å². The van der Waals surface area contributed by atoms with Crippen LogP contribution in [0.3, 0.4) is 0 Å². The third-order valence-corrected chi connectivity index (χ3v) is 3.28. The van der Waals surface area contributed by atoms with E-state index in [-0.39, 0.29) is 0 Å². The number of aryl methyl sites for hydroxylation is 1. The number of furan rings is 1. The van der Waals surface area contributed by atoms with Gasteiger partial charge in [0.25, 0.3) is 0 Å². The molecule has 1 aliphatic rings. The monoisotopic (exact) mass is 193 g/mol. The number of hydrogen-bond donors (Lipinski definition) is 1. The summed E-state index contributed by atoms with van der Waals surface area (Å²) in [5.74, 6) is 3.62. The summed E-state index contributed by atoms with van der Waals surface area (Å²) in [6.07, 6.45) is 3.23. The van der Waals surface area contributed by atoms with Crippen LogP contribution < -0.4 is 5.73 Å². The van der Waals surface area contributed by atoms with E-state index < -0.39 is 0 Å². The topological polar surface area (TPSA) is 39.2 Å². The van der Waals surface area contributed by atoms with E-state index in [4.69, 9.17) is 10.2 Å². The number of fused-ring (bicyclic) bond motifs is 1. The van der Waals surface area contributed by atoms with E-state index >= 15 is 0 Å². The zero-order chi connectivity index (χ0) is 10.1. The van der Waals surface area contributed by atoms with Gasteiger partial charge in [-0.05, 0) is 36.9 Å². The van der Waals surface area contributed by atoms with Gasteiger partial charge in [-0.2, -0.15) is 0 Å². The molecule has 0 fully saturated rings. The van der Waals surface area contributed by atoms with Crippen molar-refractivity contribution >= 4 is 0 Å². The molecular weight excluding hydrogens is 174 g/mol. The summed E-state index contributed by atoms with van der Waals surface area (Å²) in [7, 11) is 0. The highest BCUT2D eigenvalue weighted by Gasteiger charge is 2.32. The van der Waals surface area contributed by atoms with Crippen molar-refractivity contribution in [2.24, 2.45) is 11.7 Å². The van der Waals surface area contributed by atoms with E-state index in [1.807, 2.05) is 0 Å². The molecule has 2 atom stereocenters. The molecule has 0 saturated heterocycles. The molecule has 2 heteroatoms. The lowest BCUT2D eigenvalue weighted by atomic mass is 9.94. The summed E-state index contributed by atoms with van der Waals surface area (Å²) in [4.78, 5) is 0. The van der Waals surface area contributed by atoms with E-state index in [0.717, 1.165) is 25.1 Å². The Balaban J connectivity index is 2.25. The molecule has 1 aromatic heterocycles. The Morgan fingerprint density at radius 3 is 3.00 bits per heavy atom. The quantitative estimate of drug-likeness (QED) is 0.801. The average molecular weight is 193 g/mol. The molecule has 0 amide bonds. The Morgan fingerprint density at radius 1 is 1.57 bits per heavy atom. The summed E-state index contributed by atoms with van der Waals surface area (Å²) >= 11 is 0. The summed E-state index contributed by atoms with van der Waals surface area (Å²) in [6.45, 7) is 5.19. The van der Waals surface area contributed by atoms with Crippen molar-refractivity contribution in [1.82, 2.24) is 0 Å². The number of hydrogen-bond acceptors (Lipinski definition) is 2. The first kappa shape index (κ1) is 9.78. The first-order valence-electron chi connectivity index (χ1n) is 5.57. The van der Waals surface area contributed by atoms with E-state index in [1.165, 1.54) is 17.7 Å². The Hall–Kier alpha value is -0.760. The van der Waals surface area contributed by atoms with Gasteiger partial charge in [-0.25, -0.2) is 0 Å². The molecule has 0 bridgehead atoms. The second-order valence-electron chi connectivity index (χ2n) is 4.32. The molecular formula is C12H19NO. The maximum absolute atomic E-state index is 5.86. The number of nitrogens with two attached hydrogens (primary N) is 1. The zero-order valence-corrected chi connectivity index (χ0v) is 9.05. The fraction of sp³-hybridized carbons (Fsp3) is 0.667. The van der Waals surface area contributed by atoms with Gasteiger partial charge in [-0.15, -0.1) is 0 Å². The van der Waals surface area contributed by atoms with Crippen LogP contribution in [0.5, 0.6) is 0 Å². The Labute approximate surface area is 85.5 Å². The van der Waals surface area contributed by atoms with Gasteiger partial charge in [0, 0.05) is 12.3 Å². The van der Waals surface area contributed by atoms with Crippen molar-refractivity contribution < 1.29 is 4.42 Å². The molecule has 14 heavy (non-hydrogen) atoms. The smallest absolute Gasteiger partial charge is 0.110 e. The molecule has 2 rings (SSSR count). The second-order valence-corrected chi connectivity index (χ2v) is 4.32. The molecule has 2 unspecified atom stereocenters. The van der Waals surface area contributed by atoms with Crippen LogP contribution in [-0.4, -0.2) is 6.54 Å². The molecule has 1 aromatic rings. The van der Waals surface area contributed by atoms with E-state index in [2.05, 4.69) is 19.9 Å². The van der Waals surface area contributed by atoms with Gasteiger partial charge in [0.1, 0.15) is 11.5 Å². The minimum atomic E-state index is 0.565. The Bertz CT molecular complexity index is 316. The lowest BCUT2D eigenvalue weighted by Crippen LogP contribution is -2.10. The van der Waals surface area contributed by atoms with Crippen molar-refractivity contribution in [3.05, 3.63) is 23.2 Å². The average Bonchev–Trinajstić information content (AvgIpc) is 2.67. The SMILES string of the molecule is CCc1cc2c(o1)C(CCN)C(C)C2. The second kappa shape index (κ2) is 3.77. The maximum atomic E-state index is 5.86. The predicted octanol–water partition coefficient (Wildman–Crippen LogP) is 2.47. The fourth-order valence-electron chi connectivity index (χ4n) is 2.49. The van der Waals surface area contributed by atoms with Gasteiger partial charge in [-0.1, -0.05) is 13.8 Å². The van der Waals surface area contributed by atoms with E-state index in [1.54, 1.807) is 0 Å². The van der Waals surface area contributed by atoms with Crippen molar-refractivity contribution in [1.29, 1.82) is 0 Å². The molecule has 2 nitrogen and oxygen atoms in total. The van der Waals surface area contributed by atoms with Crippen LogP contribution in [-0.2, 0) is 12.8 Å². The molecule has 2 N–H and O–H groups in total. The van der Waals surface area contributed by atoms with Crippen molar-refractivity contribution in [2.45, 2.75) is 39.0 Å². The van der Waals surface area contributed by atoms with Crippen LogP contribution in [0.4, 0.5) is 0 Å². The summed E-state index contributed by atoms with van der Waals surface area (Å²) in [6, 6.07) is 2.22. The zero-order valence-electron chi connectivity index (χ0n) is 9.05. The van der Waals surface area contributed by atoms with Crippen LogP contribution in [0.15, 0.2) is 10.5 Å². The van der Waals surface area contributed by atoms with Crippen LogP contribution in [0, 0.1) is 5.92 Å². The Kier molecular flexibility index (Phi) is 2.64. The first-order chi connectivity index (χ1) is 6.76. The molecule has 0 aliphatic heterocycles. The van der Waals surface area contributed by atoms with Gasteiger partial charge in [0.15, 0.2) is 0 Å². The van der Waals surface area contributed by atoms with Gasteiger partial charge < -0.3 is 10.2 Å². The number of rotatable bonds is 3. The first-order valence-corrected chi connectivity index (χ1v) is 5.57. The normalized spacial score (nSPS) is 25.4. The minimum absolute atomic E-state index is 0.565. The highest BCUT2D eigenvalue weighted by Crippen LogP contribution is 2.41. The van der Waals surface area contributed by atoms with Crippen molar-refractivity contribution in [3.63, 3.8) is 0 Å². The highest BCUT2D eigenvalue weighted by molar-refractivity contribution is 5.31. The van der Waals surface area contributed by atoms with Crippen LogP contribution in [0.2, 0.25) is 0 Å². The van der Waals surface area contributed by atoms with Gasteiger partial charge in [0.05, 0.1) is 0 Å². The minimum Gasteiger partial charge on any atom is -0.466 e. The molecule has 0 spiro atoms. The van der Waals surface area contributed by atoms with Gasteiger partial charge >= 0.3 is 0 Å². The third kappa shape index (κ3) is 1.48. The van der Waals surface area contributed by atoms with Crippen molar-refractivity contribution in [3.8, 4) is 0 Å². The lowest BCUT2D eigenvalue weighted by molar-refractivity contribution is 0.381. The molecule has 0 saturated carbocycles. The summed E-state index contributed by atoms with van der Waals surface area (Å²) in [5.41, 5.74) is 7.05. The lowest BCUT2D eigenvalue weighted by Gasteiger charge is -2.13. The molecule has 1 heterocycles. The highest BCUT2D eigenvalue weighted by atomic mass is 16.3. The van der Waals surface area contributed by atoms with Gasteiger partial charge in [-0.3, -0.25) is 0 Å². The molecule has 0 aromatic carbocycles. The van der Waals surface area contributed by atoms with Crippen LogP contribution >= 0.6 is 0 Å². The molecule has 0 radical (unpaired) electrons. The summed E-state index contributed by atoms with van der Waals surface area (Å²) < 4.78 is 5.86. The standard InChI is InChI=1S/C12H19NO/c1-3-10-7-9-6-8(2)11(4-5-13)12(9)14-10/h7-8,11H,3-6,13H2,1-2H3. The third-order valence-electron chi connectivity index (χ3n) is 3.28. The summed E-state index contributed by atoms with van der Waals surface area (Å²) in [5, 5.41) is 0. The van der Waals surface area contributed by atoms with Gasteiger partial charge in [0.2, 0.25) is 0 Å². The van der Waals surface area contributed by atoms with Crippen LogP contribution in [0.25, 0.3) is 0 Å². The molecule has 78 valence electrons. The predicted molar refractivity (Wildman–Crippen MR) is 57.4 cm³/mol. The fourth-order valence-corrected chi connectivity index (χ4v) is 2.49. The largest absolute Gasteiger partial charge is 0.466 e. The van der Waals surface area contributed by atoms with Crippen molar-refractivity contribution in [2.75, 3.05) is 6.54 Å².